The third-order valence-electron chi connectivity index (χ3n) is 4.02. The van der Waals surface area contributed by atoms with Crippen molar-refractivity contribution in [2.24, 2.45) is 5.92 Å². The number of amides is 2. The summed E-state index contributed by atoms with van der Waals surface area (Å²) >= 11 is 0. The monoisotopic (exact) mass is 327 g/mol. The summed E-state index contributed by atoms with van der Waals surface area (Å²) in [7, 11) is 0. The van der Waals surface area contributed by atoms with Crippen LogP contribution < -0.4 is 15.4 Å². The second-order valence-corrected chi connectivity index (χ2v) is 6.03. The molecule has 2 heterocycles. The third kappa shape index (κ3) is 3.22. The normalized spacial score (nSPS) is 15.5. The molecule has 8 heteroatoms. The number of carbonyl (C=O) groups is 2. The number of ether oxygens (including phenoxy) is 1. The summed E-state index contributed by atoms with van der Waals surface area (Å²) in [4.78, 5) is 23.8. The lowest BCUT2D eigenvalue weighted by atomic mass is 10.1. The van der Waals surface area contributed by atoms with E-state index in [4.69, 9.17) is 4.74 Å². The molecule has 2 aromatic rings. The molecule has 2 N–H and O–H groups in total. The van der Waals surface area contributed by atoms with Gasteiger partial charge >= 0.3 is 0 Å². The first-order valence-electron chi connectivity index (χ1n) is 7.94. The summed E-state index contributed by atoms with van der Waals surface area (Å²) in [6.07, 6.45) is 4.25. The van der Waals surface area contributed by atoms with E-state index in [0.717, 1.165) is 36.3 Å². The molecular formula is C16H17N5O3. The smallest absolute Gasteiger partial charge is 0.246 e. The van der Waals surface area contributed by atoms with Crippen LogP contribution in [0, 0.1) is 5.92 Å². The van der Waals surface area contributed by atoms with Crippen LogP contribution in [0.5, 0.6) is 5.75 Å². The van der Waals surface area contributed by atoms with Crippen molar-refractivity contribution in [2.75, 3.05) is 17.2 Å². The van der Waals surface area contributed by atoms with Gasteiger partial charge in [-0.25, -0.2) is 4.68 Å². The maximum absolute atomic E-state index is 12.1. The lowest BCUT2D eigenvalue weighted by molar-refractivity contribution is -0.117. The zero-order valence-corrected chi connectivity index (χ0v) is 13.0. The second-order valence-electron chi connectivity index (χ2n) is 6.03. The number of aromatic nitrogens is 3. The molecule has 24 heavy (non-hydrogen) atoms. The molecule has 1 aromatic heterocycles. The van der Waals surface area contributed by atoms with Gasteiger partial charge in [0.25, 0.3) is 0 Å². The molecule has 0 atom stereocenters. The predicted octanol–water partition coefficient (Wildman–Crippen LogP) is 1.20. The Labute approximate surface area is 138 Å². The van der Waals surface area contributed by atoms with E-state index in [1.165, 1.54) is 4.68 Å². The molecule has 1 aliphatic heterocycles. The second kappa shape index (κ2) is 5.95. The van der Waals surface area contributed by atoms with Crippen LogP contribution in [-0.2, 0) is 22.6 Å². The molecule has 0 spiro atoms. The van der Waals surface area contributed by atoms with E-state index in [9.17, 15) is 9.59 Å². The number of carbonyl (C=O) groups excluding carboxylic acids is 2. The largest absolute Gasteiger partial charge is 0.493 e. The van der Waals surface area contributed by atoms with Gasteiger partial charge in [0.2, 0.25) is 11.8 Å². The Morgan fingerprint density at radius 2 is 2.17 bits per heavy atom. The molecule has 0 radical (unpaired) electrons. The van der Waals surface area contributed by atoms with Crippen molar-refractivity contribution in [3.05, 3.63) is 30.0 Å². The Morgan fingerprint density at radius 1 is 1.29 bits per heavy atom. The lowest BCUT2D eigenvalue weighted by Crippen LogP contribution is -2.19. The Balaban J connectivity index is 1.34. The van der Waals surface area contributed by atoms with Gasteiger partial charge in [-0.15, -0.1) is 5.10 Å². The minimum absolute atomic E-state index is 0.0277. The van der Waals surface area contributed by atoms with Crippen LogP contribution in [0.4, 0.5) is 11.5 Å². The Bertz CT molecular complexity index is 797. The SMILES string of the molecule is O=C(Cn1cc(NC(=O)C2CC2)nn1)Nc1ccc2c(c1)CCO2. The minimum Gasteiger partial charge on any atom is -0.493 e. The molecular weight excluding hydrogens is 310 g/mol. The highest BCUT2D eigenvalue weighted by molar-refractivity contribution is 5.93. The fourth-order valence-electron chi connectivity index (χ4n) is 2.62. The van der Waals surface area contributed by atoms with Gasteiger partial charge in [-0.1, -0.05) is 5.21 Å². The quantitative estimate of drug-likeness (QED) is 0.860. The van der Waals surface area contributed by atoms with E-state index in [-0.39, 0.29) is 24.3 Å². The highest BCUT2D eigenvalue weighted by atomic mass is 16.5. The maximum atomic E-state index is 12.1. The van der Waals surface area contributed by atoms with Crippen LogP contribution in [0.3, 0.4) is 0 Å². The summed E-state index contributed by atoms with van der Waals surface area (Å²) in [5, 5.41) is 13.2. The first-order valence-corrected chi connectivity index (χ1v) is 7.94. The van der Waals surface area contributed by atoms with Crippen LogP contribution in [0.25, 0.3) is 0 Å². The standard InChI is InChI=1S/C16H17N5O3/c22-15(17-12-3-4-13-11(7-12)5-6-24-13)9-21-8-14(19-20-21)18-16(23)10-1-2-10/h3-4,7-8,10H,1-2,5-6,9H2,(H,17,22)(H,18,23). The van der Waals surface area contributed by atoms with Gasteiger partial charge in [-0.3, -0.25) is 9.59 Å². The van der Waals surface area contributed by atoms with E-state index in [1.54, 1.807) is 6.20 Å². The number of benzene rings is 1. The number of nitrogens with one attached hydrogen (secondary N) is 2. The molecule has 0 bridgehead atoms. The molecule has 0 unspecified atom stereocenters. The molecule has 2 amide bonds. The first kappa shape index (κ1) is 14.7. The van der Waals surface area contributed by atoms with Crippen molar-refractivity contribution < 1.29 is 14.3 Å². The van der Waals surface area contributed by atoms with Crippen molar-refractivity contribution in [1.29, 1.82) is 0 Å². The maximum Gasteiger partial charge on any atom is 0.246 e. The fourth-order valence-corrected chi connectivity index (χ4v) is 2.62. The average molecular weight is 327 g/mol. The van der Waals surface area contributed by atoms with Crippen LogP contribution in [0.1, 0.15) is 18.4 Å². The van der Waals surface area contributed by atoms with Crippen LogP contribution in [0.15, 0.2) is 24.4 Å². The van der Waals surface area contributed by atoms with Gasteiger partial charge < -0.3 is 15.4 Å². The molecule has 0 saturated heterocycles. The van der Waals surface area contributed by atoms with Crippen molar-refractivity contribution >= 4 is 23.3 Å². The molecule has 1 aliphatic carbocycles. The zero-order chi connectivity index (χ0) is 16.5. The number of rotatable bonds is 5. The summed E-state index contributed by atoms with van der Waals surface area (Å²) < 4.78 is 6.84. The summed E-state index contributed by atoms with van der Waals surface area (Å²) in [5.41, 5.74) is 1.82. The molecule has 124 valence electrons. The van der Waals surface area contributed by atoms with E-state index in [2.05, 4.69) is 20.9 Å². The van der Waals surface area contributed by atoms with Crippen LogP contribution >= 0.6 is 0 Å². The van der Waals surface area contributed by atoms with Gasteiger partial charge in [0, 0.05) is 18.0 Å². The van der Waals surface area contributed by atoms with Crippen molar-refractivity contribution in [3.63, 3.8) is 0 Å². The Kier molecular flexibility index (Phi) is 3.64. The number of hydrogen-bond acceptors (Lipinski definition) is 5. The van der Waals surface area contributed by atoms with Gasteiger partial charge in [0.05, 0.1) is 12.8 Å². The lowest BCUT2D eigenvalue weighted by Gasteiger charge is -2.06. The van der Waals surface area contributed by atoms with E-state index < -0.39 is 0 Å². The average Bonchev–Trinajstić information content (AvgIpc) is 3.16. The summed E-state index contributed by atoms with van der Waals surface area (Å²) in [5.74, 6) is 1.10. The highest BCUT2D eigenvalue weighted by Gasteiger charge is 2.30. The molecule has 8 nitrogen and oxygen atoms in total. The topological polar surface area (TPSA) is 98.1 Å². The highest BCUT2D eigenvalue weighted by Crippen LogP contribution is 2.30. The van der Waals surface area contributed by atoms with Crippen molar-refractivity contribution in [3.8, 4) is 5.75 Å². The molecule has 2 aliphatic rings. The van der Waals surface area contributed by atoms with E-state index >= 15 is 0 Å². The minimum atomic E-state index is -0.209. The van der Waals surface area contributed by atoms with Gasteiger partial charge in [0.15, 0.2) is 5.82 Å². The first-order chi connectivity index (χ1) is 11.7. The zero-order valence-electron chi connectivity index (χ0n) is 13.0. The number of hydrogen-bond donors (Lipinski definition) is 2. The molecule has 1 aromatic carbocycles. The third-order valence-corrected chi connectivity index (χ3v) is 4.02. The van der Waals surface area contributed by atoms with Gasteiger partial charge in [-0.2, -0.15) is 0 Å². The molecule has 1 saturated carbocycles. The number of fused-ring (bicyclic) bond motifs is 1. The molecule has 1 fully saturated rings. The van der Waals surface area contributed by atoms with E-state index in [1.807, 2.05) is 18.2 Å². The molecule has 4 rings (SSSR count). The summed E-state index contributed by atoms with van der Waals surface area (Å²) in [6, 6.07) is 5.59. The summed E-state index contributed by atoms with van der Waals surface area (Å²) in [6.45, 7) is 0.709. The number of anilines is 2. The predicted molar refractivity (Wildman–Crippen MR) is 85.6 cm³/mol. The van der Waals surface area contributed by atoms with Crippen LogP contribution in [-0.4, -0.2) is 33.4 Å². The van der Waals surface area contributed by atoms with Crippen LogP contribution in [0.2, 0.25) is 0 Å². The van der Waals surface area contributed by atoms with Gasteiger partial charge in [-0.05, 0) is 36.6 Å². The van der Waals surface area contributed by atoms with Gasteiger partial charge in [0.1, 0.15) is 12.3 Å². The van der Waals surface area contributed by atoms with Crippen molar-refractivity contribution in [2.45, 2.75) is 25.8 Å². The Hall–Kier alpha value is -2.90. The van der Waals surface area contributed by atoms with E-state index in [0.29, 0.717) is 12.4 Å². The number of nitrogens with zero attached hydrogens (tertiary/aromatic N) is 3. The fraction of sp³-hybridized carbons (Fsp3) is 0.375. The van der Waals surface area contributed by atoms with Crippen molar-refractivity contribution in [1.82, 2.24) is 15.0 Å². The Morgan fingerprint density at radius 3 is 3.00 bits per heavy atom.